The summed E-state index contributed by atoms with van der Waals surface area (Å²) >= 11 is 0. The molecule has 7 rings (SSSR count). The van der Waals surface area contributed by atoms with Crippen LogP contribution in [0.15, 0.2) is 122 Å². The number of carbonyl (C=O) groups excluding carboxylic acids is 1. The Balaban J connectivity index is 1.27. The Kier molecular flexibility index (Phi) is 9.77. The Morgan fingerprint density at radius 3 is 2.04 bits per heavy atom. The van der Waals surface area contributed by atoms with Crippen molar-refractivity contribution >= 4 is 23.0 Å². The van der Waals surface area contributed by atoms with E-state index in [2.05, 4.69) is 15.0 Å². The molecule has 0 amide bonds. The first kappa shape index (κ1) is 33.5. The van der Waals surface area contributed by atoms with E-state index >= 15 is 0 Å². The summed E-state index contributed by atoms with van der Waals surface area (Å²) in [5, 5.41) is 0. The minimum atomic E-state index is -1.15. The van der Waals surface area contributed by atoms with Gasteiger partial charge >= 0.3 is 5.97 Å². The monoisotopic (exact) mass is 687 g/mol. The minimum absolute atomic E-state index is 0.0992. The number of esters is 1. The Hall–Kier alpha value is -5.98. The van der Waals surface area contributed by atoms with Gasteiger partial charge in [0.2, 0.25) is 0 Å². The first-order valence-corrected chi connectivity index (χ1v) is 16.4. The van der Waals surface area contributed by atoms with Crippen LogP contribution in [0, 0.1) is 0 Å². The standard InChI is InChI=1S/C39H37N5O7/c1-46-29-17-13-27(14-18-29)39(26-9-5-3-6-10-26,28-15-19-30(47-2)20-16-28)51-32-21-34(44-25-43-36-37(40)41-24-42-38(36)44)50-33(32)22-49-35(45)23-48-31-11-7-4-8-12-31/h3-20,24-25,32-34H,21-23H2,1-2H3,(H2,40,41,42)/t32-,33+,34+/m1/s1. The van der Waals surface area contributed by atoms with Gasteiger partial charge < -0.3 is 34.2 Å². The molecule has 1 saturated heterocycles. The van der Waals surface area contributed by atoms with E-state index in [1.165, 1.54) is 6.33 Å². The summed E-state index contributed by atoms with van der Waals surface area (Å²) in [5.41, 5.74) is 8.52. The van der Waals surface area contributed by atoms with Gasteiger partial charge in [-0.3, -0.25) is 4.57 Å². The molecular formula is C39H37N5O7. The number of hydrogen-bond acceptors (Lipinski definition) is 11. The van der Waals surface area contributed by atoms with Crippen molar-refractivity contribution in [2.24, 2.45) is 0 Å². The molecule has 6 aromatic rings. The first-order valence-electron chi connectivity index (χ1n) is 16.4. The van der Waals surface area contributed by atoms with Crippen LogP contribution in [0.5, 0.6) is 17.2 Å². The summed E-state index contributed by atoms with van der Waals surface area (Å²) in [4.78, 5) is 25.9. The number of ether oxygens (including phenoxy) is 6. The number of fused-ring (bicyclic) bond motifs is 1. The summed E-state index contributed by atoms with van der Waals surface area (Å²) in [6.45, 7) is -0.363. The van der Waals surface area contributed by atoms with Gasteiger partial charge in [-0.1, -0.05) is 72.8 Å². The highest BCUT2D eigenvalue weighted by atomic mass is 16.6. The fourth-order valence-electron chi connectivity index (χ4n) is 6.36. The number of anilines is 1. The molecule has 2 N–H and O–H groups in total. The molecule has 1 aliphatic heterocycles. The molecule has 1 fully saturated rings. The van der Waals surface area contributed by atoms with Crippen molar-refractivity contribution in [3.63, 3.8) is 0 Å². The second-order valence-corrected chi connectivity index (χ2v) is 11.9. The molecule has 3 atom stereocenters. The molecule has 0 bridgehead atoms. The van der Waals surface area contributed by atoms with Gasteiger partial charge in [0.15, 0.2) is 18.1 Å². The molecule has 0 saturated carbocycles. The van der Waals surface area contributed by atoms with Crippen LogP contribution in [0.2, 0.25) is 0 Å². The van der Waals surface area contributed by atoms with Gasteiger partial charge in [0.1, 0.15) is 53.6 Å². The van der Waals surface area contributed by atoms with Crippen LogP contribution in [0.25, 0.3) is 11.2 Å². The maximum Gasteiger partial charge on any atom is 0.344 e. The van der Waals surface area contributed by atoms with E-state index in [1.807, 2.05) is 97.1 Å². The van der Waals surface area contributed by atoms with Crippen molar-refractivity contribution in [2.75, 3.05) is 33.2 Å². The Labute approximate surface area is 294 Å². The molecule has 51 heavy (non-hydrogen) atoms. The van der Waals surface area contributed by atoms with Gasteiger partial charge in [0, 0.05) is 6.42 Å². The van der Waals surface area contributed by atoms with Crippen LogP contribution in [0.3, 0.4) is 0 Å². The zero-order chi connectivity index (χ0) is 35.2. The van der Waals surface area contributed by atoms with E-state index in [9.17, 15) is 4.79 Å². The molecule has 2 aromatic heterocycles. The van der Waals surface area contributed by atoms with Crippen molar-refractivity contribution in [1.82, 2.24) is 19.5 Å². The van der Waals surface area contributed by atoms with Crippen LogP contribution >= 0.6 is 0 Å². The summed E-state index contributed by atoms with van der Waals surface area (Å²) in [6.07, 6.45) is 1.47. The lowest BCUT2D eigenvalue weighted by atomic mass is 9.79. The van der Waals surface area contributed by atoms with E-state index in [1.54, 1.807) is 37.2 Å². The van der Waals surface area contributed by atoms with Crippen molar-refractivity contribution in [1.29, 1.82) is 0 Å². The number of nitrogen functional groups attached to an aromatic ring is 1. The Morgan fingerprint density at radius 2 is 1.41 bits per heavy atom. The number of imidazole rings is 1. The first-order chi connectivity index (χ1) is 25.0. The summed E-state index contributed by atoms with van der Waals surface area (Å²) < 4.78 is 38.3. The molecule has 12 nitrogen and oxygen atoms in total. The van der Waals surface area contributed by atoms with E-state index in [0.717, 1.165) is 16.7 Å². The normalized spacial score (nSPS) is 17.3. The second-order valence-electron chi connectivity index (χ2n) is 11.9. The Morgan fingerprint density at radius 1 is 0.804 bits per heavy atom. The number of hydrogen-bond donors (Lipinski definition) is 1. The maximum atomic E-state index is 13.0. The molecule has 0 spiro atoms. The maximum absolute atomic E-state index is 13.0. The van der Waals surface area contributed by atoms with Crippen LogP contribution in [-0.2, 0) is 24.6 Å². The highest BCUT2D eigenvalue weighted by Crippen LogP contribution is 2.46. The molecule has 1 aliphatic rings. The van der Waals surface area contributed by atoms with Crippen LogP contribution < -0.4 is 19.9 Å². The lowest BCUT2D eigenvalue weighted by Crippen LogP contribution is -2.41. The fraction of sp³-hybridized carbons (Fsp3) is 0.231. The quantitative estimate of drug-likeness (QED) is 0.118. The van der Waals surface area contributed by atoms with Gasteiger partial charge in [0.25, 0.3) is 0 Å². The third-order valence-corrected chi connectivity index (χ3v) is 8.89. The SMILES string of the molecule is COc1ccc(C(O[C@@H]2C[C@@H](n3cnc4c(N)ncnc43)O[C@H]2COC(=O)COc2ccccc2)(c2ccccc2)c2ccc(OC)cc2)cc1. The summed E-state index contributed by atoms with van der Waals surface area (Å²) in [6, 6.07) is 34.6. The Bertz CT molecular complexity index is 2010. The summed E-state index contributed by atoms with van der Waals surface area (Å²) in [5.74, 6) is 1.69. The number of nitrogens with zero attached hydrogens (tertiary/aromatic N) is 4. The third-order valence-electron chi connectivity index (χ3n) is 8.89. The van der Waals surface area contributed by atoms with Gasteiger partial charge in [-0.25, -0.2) is 19.7 Å². The number of rotatable bonds is 13. The average Bonchev–Trinajstić information content (AvgIpc) is 3.81. The number of para-hydroxylation sites is 1. The molecule has 3 heterocycles. The minimum Gasteiger partial charge on any atom is -0.497 e. The van der Waals surface area contributed by atoms with E-state index < -0.39 is 30.0 Å². The van der Waals surface area contributed by atoms with Gasteiger partial charge in [0.05, 0.1) is 26.7 Å². The molecule has 4 aromatic carbocycles. The lowest BCUT2D eigenvalue weighted by molar-refractivity contribution is -0.155. The zero-order valence-corrected chi connectivity index (χ0v) is 28.1. The van der Waals surface area contributed by atoms with E-state index in [4.69, 9.17) is 34.2 Å². The topological polar surface area (TPSA) is 142 Å². The van der Waals surface area contributed by atoms with Crippen LogP contribution in [0.1, 0.15) is 29.3 Å². The van der Waals surface area contributed by atoms with Crippen molar-refractivity contribution in [3.05, 3.63) is 139 Å². The van der Waals surface area contributed by atoms with Crippen molar-refractivity contribution in [2.45, 2.75) is 30.5 Å². The zero-order valence-electron chi connectivity index (χ0n) is 28.1. The third kappa shape index (κ3) is 6.91. The molecule has 0 unspecified atom stereocenters. The predicted molar refractivity (Wildman–Crippen MR) is 188 cm³/mol. The highest BCUT2D eigenvalue weighted by molar-refractivity contribution is 5.81. The van der Waals surface area contributed by atoms with Gasteiger partial charge in [-0.2, -0.15) is 0 Å². The van der Waals surface area contributed by atoms with Crippen molar-refractivity contribution < 1.29 is 33.2 Å². The van der Waals surface area contributed by atoms with Gasteiger partial charge in [-0.05, 0) is 53.1 Å². The number of aromatic nitrogens is 4. The van der Waals surface area contributed by atoms with Gasteiger partial charge in [-0.15, -0.1) is 0 Å². The van der Waals surface area contributed by atoms with Crippen LogP contribution in [0.4, 0.5) is 5.82 Å². The number of carbonyl (C=O) groups is 1. The molecule has 0 radical (unpaired) electrons. The van der Waals surface area contributed by atoms with E-state index in [0.29, 0.717) is 34.8 Å². The second kappa shape index (κ2) is 14.9. The van der Waals surface area contributed by atoms with Crippen LogP contribution in [-0.4, -0.2) is 65.1 Å². The highest BCUT2D eigenvalue weighted by Gasteiger charge is 2.47. The van der Waals surface area contributed by atoms with E-state index in [-0.39, 0.29) is 19.0 Å². The molecule has 12 heteroatoms. The smallest absolute Gasteiger partial charge is 0.344 e. The number of benzene rings is 4. The summed E-state index contributed by atoms with van der Waals surface area (Å²) in [7, 11) is 3.26. The lowest BCUT2D eigenvalue weighted by Gasteiger charge is -2.39. The molecule has 260 valence electrons. The number of nitrogens with two attached hydrogens (primary N) is 1. The van der Waals surface area contributed by atoms with Crippen molar-refractivity contribution in [3.8, 4) is 17.2 Å². The number of methoxy groups -OCH3 is 2. The molecule has 0 aliphatic carbocycles. The largest absolute Gasteiger partial charge is 0.497 e. The average molecular weight is 688 g/mol. The molecular weight excluding hydrogens is 650 g/mol. The fourth-order valence-corrected chi connectivity index (χ4v) is 6.36. The predicted octanol–water partition coefficient (Wildman–Crippen LogP) is 5.71.